The first-order valence-corrected chi connectivity index (χ1v) is 8.18. The van der Waals surface area contributed by atoms with Crippen molar-refractivity contribution in [1.82, 2.24) is 4.90 Å². The summed E-state index contributed by atoms with van der Waals surface area (Å²) in [5.74, 6) is 0.737. The molecule has 0 aromatic heterocycles. The lowest BCUT2D eigenvalue weighted by Gasteiger charge is -2.46. The van der Waals surface area contributed by atoms with Gasteiger partial charge in [0, 0.05) is 34.9 Å². The monoisotopic (exact) mass is 336 g/mol. The highest BCUT2D eigenvalue weighted by molar-refractivity contribution is 9.10. The van der Waals surface area contributed by atoms with Crippen molar-refractivity contribution in [2.75, 3.05) is 31.6 Å². The zero-order valence-corrected chi connectivity index (χ0v) is 13.5. The molecule has 3 nitrogen and oxygen atoms in total. The van der Waals surface area contributed by atoms with Gasteiger partial charge in [-0.1, -0.05) is 15.9 Å². The van der Waals surface area contributed by atoms with E-state index in [2.05, 4.69) is 38.8 Å². The molecular formula is C16H21BrN2O. The summed E-state index contributed by atoms with van der Waals surface area (Å²) in [6.07, 6.45) is 4.79. The minimum Gasteiger partial charge on any atom is -0.371 e. The van der Waals surface area contributed by atoms with Crippen molar-refractivity contribution in [1.29, 1.82) is 0 Å². The van der Waals surface area contributed by atoms with Crippen LogP contribution in [0.3, 0.4) is 0 Å². The van der Waals surface area contributed by atoms with Gasteiger partial charge in [0.15, 0.2) is 6.29 Å². The van der Waals surface area contributed by atoms with Crippen LogP contribution in [0.4, 0.5) is 5.69 Å². The zero-order valence-electron chi connectivity index (χ0n) is 11.9. The van der Waals surface area contributed by atoms with Gasteiger partial charge in [-0.05, 0) is 57.0 Å². The van der Waals surface area contributed by atoms with Crippen LogP contribution in [0.1, 0.15) is 29.6 Å². The number of halogens is 1. The Morgan fingerprint density at radius 2 is 2.15 bits per heavy atom. The molecule has 20 heavy (non-hydrogen) atoms. The number of hydrogen-bond acceptors (Lipinski definition) is 3. The topological polar surface area (TPSA) is 23.6 Å². The van der Waals surface area contributed by atoms with Crippen molar-refractivity contribution >= 4 is 27.9 Å². The molecule has 1 aromatic rings. The van der Waals surface area contributed by atoms with Crippen molar-refractivity contribution in [3.05, 3.63) is 28.2 Å². The average Bonchev–Trinajstić information content (AvgIpc) is 2.47. The molecule has 2 aliphatic rings. The van der Waals surface area contributed by atoms with Crippen molar-refractivity contribution in [2.24, 2.45) is 5.92 Å². The number of rotatable bonds is 2. The van der Waals surface area contributed by atoms with Crippen molar-refractivity contribution < 1.29 is 4.79 Å². The van der Waals surface area contributed by atoms with Crippen molar-refractivity contribution in [3.8, 4) is 0 Å². The van der Waals surface area contributed by atoms with Crippen LogP contribution < -0.4 is 4.90 Å². The minimum atomic E-state index is 0.729. The van der Waals surface area contributed by atoms with E-state index in [0.29, 0.717) is 0 Å². The summed E-state index contributed by atoms with van der Waals surface area (Å²) in [7, 11) is 2.25. The standard InChI is InChI=1S/C16H21BrN2O/c1-18-7-2-3-12-10-19(8-6-15(12)18)16-9-14(17)5-4-13(16)11-20/h4-5,9,11-12,15H,2-3,6-8,10H2,1H3. The summed E-state index contributed by atoms with van der Waals surface area (Å²) in [5, 5.41) is 0. The first kappa shape index (κ1) is 14.1. The molecule has 1 aromatic carbocycles. The van der Waals surface area contributed by atoms with E-state index in [1.807, 2.05) is 12.1 Å². The van der Waals surface area contributed by atoms with Gasteiger partial charge in [-0.3, -0.25) is 4.79 Å². The van der Waals surface area contributed by atoms with E-state index in [1.54, 1.807) is 0 Å². The fourth-order valence-corrected chi connectivity index (χ4v) is 4.11. The Kier molecular flexibility index (Phi) is 4.13. The lowest BCUT2D eigenvalue weighted by atomic mass is 9.84. The Labute approximate surface area is 129 Å². The third kappa shape index (κ3) is 2.63. The van der Waals surface area contributed by atoms with Gasteiger partial charge in [0.05, 0.1) is 0 Å². The number of piperidine rings is 2. The molecule has 2 heterocycles. The minimum absolute atomic E-state index is 0.729. The summed E-state index contributed by atoms with van der Waals surface area (Å²) in [5.41, 5.74) is 1.89. The van der Waals surface area contributed by atoms with Crippen molar-refractivity contribution in [3.63, 3.8) is 0 Å². The Morgan fingerprint density at radius 1 is 1.30 bits per heavy atom. The maximum atomic E-state index is 11.3. The van der Waals surface area contributed by atoms with Gasteiger partial charge in [0.25, 0.3) is 0 Å². The Hall–Kier alpha value is -0.870. The van der Waals surface area contributed by atoms with Gasteiger partial charge in [0.1, 0.15) is 0 Å². The number of nitrogens with zero attached hydrogens (tertiary/aromatic N) is 2. The van der Waals surface area contributed by atoms with E-state index in [0.717, 1.165) is 47.1 Å². The summed E-state index contributed by atoms with van der Waals surface area (Å²) >= 11 is 3.52. The van der Waals surface area contributed by atoms with E-state index in [1.165, 1.54) is 25.8 Å². The van der Waals surface area contributed by atoms with Gasteiger partial charge < -0.3 is 9.80 Å². The smallest absolute Gasteiger partial charge is 0.152 e. The molecular weight excluding hydrogens is 316 g/mol. The van der Waals surface area contributed by atoms with Crippen LogP contribution in [0.15, 0.2) is 22.7 Å². The van der Waals surface area contributed by atoms with Crippen LogP contribution in [0.25, 0.3) is 0 Å². The zero-order chi connectivity index (χ0) is 14.1. The van der Waals surface area contributed by atoms with E-state index >= 15 is 0 Å². The largest absolute Gasteiger partial charge is 0.371 e. The lowest BCUT2D eigenvalue weighted by molar-refractivity contribution is 0.102. The fraction of sp³-hybridized carbons (Fsp3) is 0.562. The average molecular weight is 337 g/mol. The van der Waals surface area contributed by atoms with Crippen LogP contribution in [0.2, 0.25) is 0 Å². The van der Waals surface area contributed by atoms with Gasteiger partial charge in [-0.25, -0.2) is 0 Å². The van der Waals surface area contributed by atoms with Crippen molar-refractivity contribution in [2.45, 2.75) is 25.3 Å². The number of benzene rings is 1. The molecule has 2 fully saturated rings. The molecule has 2 aliphatic heterocycles. The third-order valence-electron chi connectivity index (χ3n) is 4.81. The summed E-state index contributed by atoms with van der Waals surface area (Å²) < 4.78 is 1.04. The molecule has 4 heteroatoms. The Bertz CT molecular complexity index is 505. The number of fused-ring (bicyclic) bond motifs is 1. The fourth-order valence-electron chi connectivity index (χ4n) is 3.76. The first-order chi connectivity index (χ1) is 9.69. The molecule has 0 N–H and O–H groups in total. The number of anilines is 1. The van der Waals surface area contributed by atoms with Gasteiger partial charge in [-0.15, -0.1) is 0 Å². The molecule has 2 saturated heterocycles. The molecule has 2 unspecified atom stereocenters. The quantitative estimate of drug-likeness (QED) is 0.775. The van der Waals surface area contributed by atoms with Crippen LogP contribution in [0.5, 0.6) is 0 Å². The van der Waals surface area contributed by atoms with Gasteiger partial charge >= 0.3 is 0 Å². The highest BCUT2D eigenvalue weighted by atomic mass is 79.9. The molecule has 0 radical (unpaired) electrons. The first-order valence-electron chi connectivity index (χ1n) is 7.39. The van der Waals surface area contributed by atoms with E-state index in [-0.39, 0.29) is 0 Å². The Morgan fingerprint density at radius 3 is 2.95 bits per heavy atom. The summed E-state index contributed by atoms with van der Waals surface area (Å²) in [6, 6.07) is 6.66. The van der Waals surface area contributed by atoms with E-state index in [4.69, 9.17) is 0 Å². The van der Waals surface area contributed by atoms with Gasteiger partial charge in [0.2, 0.25) is 0 Å². The second kappa shape index (κ2) is 5.86. The van der Waals surface area contributed by atoms with Crippen LogP contribution >= 0.6 is 15.9 Å². The molecule has 3 rings (SSSR count). The molecule has 0 saturated carbocycles. The second-order valence-corrected chi connectivity index (χ2v) is 6.92. The number of aldehydes is 1. The molecule has 0 amide bonds. The third-order valence-corrected chi connectivity index (χ3v) is 5.30. The number of likely N-dealkylation sites (tertiary alicyclic amines) is 1. The van der Waals surface area contributed by atoms with Crippen LogP contribution in [-0.2, 0) is 0 Å². The summed E-state index contributed by atoms with van der Waals surface area (Å²) in [4.78, 5) is 16.2. The maximum absolute atomic E-state index is 11.3. The second-order valence-electron chi connectivity index (χ2n) is 6.01. The predicted molar refractivity (Wildman–Crippen MR) is 85.5 cm³/mol. The molecule has 2 atom stereocenters. The summed E-state index contributed by atoms with van der Waals surface area (Å²) in [6.45, 7) is 3.35. The number of carbonyl (C=O) groups is 1. The van der Waals surface area contributed by atoms with Crippen LogP contribution in [-0.4, -0.2) is 43.9 Å². The molecule has 0 spiro atoms. The molecule has 0 aliphatic carbocycles. The van der Waals surface area contributed by atoms with Crippen LogP contribution in [0, 0.1) is 5.92 Å². The van der Waals surface area contributed by atoms with E-state index < -0.39 is 0 Å². The SMILES string of the molecule is CN1CCCC2CN(c3cc(Br)ccc3C=O)CCC21. The normalized spacial score (nSPS) is 27.2. The number of carbonyl (C=O) groups excluding carboxylic acids is 1. The number of hydrogen-bond donors (Lipinski definition) is 0. The highest BCUT2D eigenvalue weighted by Gasteiger charge is 2.34. The maximum Gasteiger partial charge on any atom is 0.152 e. The Balaban J connectivity index is 1.82. The lowest BCUT2D eigenvalue weighted by Crippen LogP contribution is -2.52. The molecule has 108 valence electrons. The highest BCUT2D eigenvalue weighted by Crippen LogP contribution is 2.33. The molecule has 0 bridgehead atoms. The van der Waals surface area contributed by atoms with Gasteiger partial charge in [-0.2, -0.15) is 0 Å². The van der Waals surface area contributed by atoms with E-state index in [9.17, 15) is 4.79 Å². The predicted octanol–water partition coefficient (Wildman–Crippen LogP) is 3.18.